The lowest BCUT2D eigenvalue weighted by molar-refractivity contribution is 0.102. The average Bonchev–Trinajstić information content (AvgIpc) is 2.61. The number of aromatic nitrogens is 2. The van der Waals surface area contributed by atoms with Gasteiger partial charge in [-0.05, 0) is 12.1 Å². The van der Waals surface area contributed by atoms with Gasteiger partial charge in [-0.15, -0.1) is 16.8 Å². The van der Waals surface area contributed by atoms with E-state index >= 15 is 0 Å². The van der Waals surface area contributed by atoms with E-state index in [0.29, 0.717) is 34.6 Å². The molecule has 1 aromatic carbocycles. The number of methoxy groups -OCH3 is 2. The second-order valence-corrected chi connectivity index (χ2v) is 5.02. The number of carbonyl (C=O) groups is 1. The first-order chi connectivity index (χ1) is 11.6. The zero-order valence-electron chi connectivity index (χ0n) is 13.3. The number of amides is 1. The predicted molar refractivity (Wildman–Crippen MR) is 93.2 cm³/mol. The minimum atomic E-state index is -0.430. The highest BCUT2D eigenvalue weighted by molar-refractivity contribution is 6.32. The zero-order chi connectivity index (χ0) is 17.5. The van der Waals surface area contributed by atoms with E-state index in [4.69, 9.17) is 21.1 Å². The molecule has 0 aliphatic rings. The fraction of sp³-hybridized carbons (Fsp3) is 0.188. The summed E-state index contributed by atoms with van der Waals surface area (Å²) in [5.74, 6) is 0.951. The topological polar surface area (TPSA) is 85.4 Å². The van der Waals surface area contributed by atoms with Crippen molar-refractivity contribution in [1.29, 1.82) is 0 Å². The summed E-state index contributed by atoms with van der Waals surface area (Å²) in [4.78, 5) is 12.3. The summed E-state index contributed by atoms with van der Waals surface area (Å²) in [6.07, 6.45) is 1.70. The molecule has 2 N–H and O–H groups in total. The molecule has 0 fully saturated rings. The molecule has 2 rings (SSSR count). The number of ether oxygens (including phenoxy) is 2. The second-order valence-electron chi connectivity index (χ2n) is 4.61. The Morgan fingerprint density at radius 3 is 2.58 bits per heavy atom. The van der Waals surface area contributed by atoms with E-state index in [1.807, 2.05) is 0 Å². The molecule has 0 bridgehead atoms. The van der Waals surface area contributed by atoms with Crippen LogP contribution in [0, 0.1) is 0 Å². The van der Waals surface area contributed by atoms with Gasteiger partial charge in [0.25, 0.3) is 5.91 Å². The normalized spacial score (nSPS) is 9.96. The number of nitrogens with one attached hydrogen (secondary N) is 2. The van der Waals surface area contributed by atoms with Crippen molar-refractivity contribution in [2.45, 2.75) is 0 Å². The number of halogens is 1. The Balaban J connectivity index is 2.18. The standard InChI is InChI=1S/C16H17ClN4O3/c1-4-7-18-15-6-5-11(20-21-15)16(22)19-12-9-13(23-2)10(17)8-14(12)24-3/h4-6,8-9H,1,7H2,2-3H3,(H,18,21)(H,19,22). The molecule has 7 nitrogen and oxygen atoms in total. The van der Waals surface area contributed by atoms with Gasteiger partial charge in [0.05, 0.1) is 24.9 Å². The molecule has 0 radical (unpaired) electrons. The third-order valence-electron chi connectivity index (χ3n) is 3.05. The van der Waals surface area contributed by atoms with Crippen LogP contribution in [0.25, 0.3) is 0 Å². The van der Waals surface area contributed by atoms with E-state index in [2.05, 4.69) is 27.4 Å². The van der Waals surface area contributed by atoms with Gasteiger partial charge >= 0.3 is 0 Å². The molecule has 0 spiro atoms. The van der Waals surface area contributed by atoms with Crippen LogP contribution >= 0.6 is 11.6 Å². The molecule has 0 aliphatic heterocycles. The molecule has 2 aromatic rings. The van der Waals surface area contributed by atoms with E-state index < -0.39 is 5.91 Å². The first-order valence-corrected chi connectivity index (χ1v) is 7.38. The lowest BCUT2D eigenvalue weighted by Gasteiger charge is -2.13. The summed E-state index contributed by atoms with van der Waals surface area (Å²) >= 11 is 6.04. The van der Waals surface area contributed by atoms with E-state index in [1.54, 1.807) is 30.3 Å². The summed E-state index contributed by atoms with van der Waals surface area (Å²) in [5.41, 5.74) is 0.578. The van der Waals surface area contributed by atoms with Crippen molar-refractivity contribution < 1.29 is 14.3 Å². The molecule has 1 aromatic heterocycles. The van der Waals surface area contributed by atoms with Gasteiger partial charge in [0.15, 0.2) is 5.69 Å². The summed E-state index contributed by atoms with van der Waals surface area (Å²) in [6.45, 7) is 4.16. The van der Waals surface area contributed by atoms with Crippen molar-refractivity contribution in [3.05, 3.63) is 47.6 Å². The summed E-state index contributed by atoms with van der Waals surface area (Å²) in [7, 11) is 2.97. The van der Waals surface area contributed by atoms with E-state index in [0.717, 1.165) is 0 Å². The van der Waals surface area contributed by atoms with Crippen LogP contribution < -0.4 is 20.1 Å². The first-order valence-electron chi connectivity index (χ1n) is 7.00. The molecule has 0 unspecified atom stereocenters. The number of anilines is 2. The Kier molecular flexibility index (Phi) is 5.97. The number of hydrogen-bond acceptors (Lipinski definition) is 6. The largest absolute Gasteiger partial charge is 0.495 e. The van der Waals surface area contributed by atoms with E-state index in [1.165, 1.54) is 14.2 Å². The number of benzene rings is 1. The summed E-state index contributed by atoms with van der Waals surface area (Å²) in [5, 5.41) is 13.9. The molecule has 0 atom stereocenters. The molecular weight excluding hydrogens is 332 g/mol. The van der Waals surface area contributed by atoms with Gasteiger partial charge in [-0.3, -0.25) is 4.79 Å². The Labute approximate surface area is 144 Å². The van der Waals surface area contributed by atoms with E-state index in [9.17, 15) is 4.79 Å². The van der Waals surface area contributed by atoms with Crippen molar-refractivity contribution in [2.75, 3.05) is 31.4 Å². The summed E-state index contributed by atoms with van der Waals surface area (Å²) < 4.78 is 10.4. The highest BCUT2D eigenvalue weighted by Crippen LogP contribution is 2.35. The molecule has 126 valence electrons. The zero-order valence-corrected chi connectivity index (χ0v) is 14.1. The number of rotatable bonds is 7. The van der Waals surface area contributed by atoms with Gasteiger partial charge in [0.1, 0.15) is 17.3 Å². The lowest BCUT2D eigenvalue weighted by Crippen LogP contribution is -2.15. The van der Waals surface area contributed by atoms with Crippen LogP contribution in [0.3, 0.4) is 0 Å². The van der Waals surface area contributed by atoms with Crippen LogP contribution in [0.2, 0.25) is 5.02 Å². The third kappa shape index (κ3) is 4.14. The van der Waals surface area contributed by atoms with Crippen molar-refractivity contribution in [3.63, 3.8) is 0 Å². The van der Waals surface area contributed by atoms with Gasteiger partial charge < -0.3 is 20.1 Å². The maximum Gasteiger partial charge on any atom is 0.276 e. The van der Waals surface area contributed by atoms with Crippen LogP contribution in [-0.2, 0) is 0 Å². The third-order valence-corrected chi connectivity index (χ3v) is 3.34. The van der Waals surface area contributed by atoms with Gasteiger partial charge in [0.2, 0.25) is 0 Å². The SMILES string of the molecule is C=CCNc1ccc(C(=O)Nc2cc(OC)c(Cl)cc2OC)nn1. The lowest BCUT2D eigenvalue weighted by atomic mass is 10.2. The maximum absolute atomic E-state index is 12.3. The van der Waals surface area contributed by atoms with Crippen LogP contribution in [0.15, 0.2) is 36.9 Å². The molecule has 0 aliphatic carbocycles. The van der Waals surface area contributed by atoms with Gasteiger partial charge in [-0.1, -0.05) is 17.7 Å². The molecule has 0 saturated carbocycles. The highest BCUT2D eigenvalue weighted by atomic mass is 35.5. The second kappa shape index (κ2) is 8.16. The number of nitrogens with zero attached hydrogens (tertiary/aromatic N) is 2. The smallest absolute Gasteiger partial charge is 0.276 e. The van der Waals surface area contributed by atoms with Crippen molar-refractivity contribution >= 4 is 29.0 Å². The monoisotopic (exact) mass is 348 g/mol. The molecule has 0 saturated heterocycles. The summed E-state index contributed by atoms with van der Waals surface area (Å²) in [6, 6.07) is 6.36. The van der Waals surface area contributed by atoms with Crippen LogP contribution in [0.5, 0.6) is 11.5 Å². The quantitative estimate of drug-likeness (QED) is 0.748. The van der Waals surface area contributed by atoms with Gasteiger partial charge in [-0.2, -0.15) is 0 Å². The Morgan fingerprint density at radius 2 is 2.00 bits per heavy atom. The molecule has 1 heterocycles. The van der Waals surface area contributed by atoms with Gasteiger partial charge in [-0.25, -0.2) is 0 Å². The number of hydrogen-bond donors (Lipinski definition) is 2. The minimum Gasteiger partial charge on any atom is -0.495 e. The molecule has 1 amide bonds. The van der Waals surface area contributed by atoms with Crippen molar-refractivity contribution in [3.8, 4) is 11.5 Å². The molecule has 8 heteroatoms. The minimum absolute atomic E-state index is 0.162. The number of carbonyl (C=O) groups excluding carboxylic acids is 1. The van der Waals surface area contributed by atoms with Crippen LogP contribution in [0.4, 0.5) is 11.5 Å². The fourth-order valence-corrected chi connectivity index (χ4v) is 2.10. The molecule has 24 heavy (non-hydrogen) atoms. The maximum atomic E-state index is 12.3. The Hall–Kier alpha value is -2.80. The Bertz CT molecular complexity index is 735. The highest BCUT2D eigenvalue weighted by Gasteiger charge is 2.15. The average molecular weight is 349 g/mol. The van der Waals surface area contributed by atoms with Crippen LogP contribution in [0.1, 0.15) is 10.5 Å². The first kappa shape index (κ1) is 17.6. The van der Waals surface area contributed by atoms with E-state index in [-0.39, 0.29) is 5.69 Å². The van der Waals surface area contributed by atoms with Gasteiger partial charge in [0, 0.05) is 18.7 Å². The van der Waals surface area contributed by atoms with Crippen molar-refractivity contribution in [2.24, 2.45) is 0 Å². The fourth-order valence-electron chi connectivity index (χ4n) is 1.87. The van der Waals surface area contributed by atoms with Crippen LogP contribution in [-0.4, -0.2) is 36.9 Å². The predicted octanol–water partition coefficient (Wildman–Crippen LogP) is 3.00. The van der Waals surface area contributed by atoms with Crippen molar-refractivity contribution in [1.82, 2.24) is 10.2 Å². The Morgan fingerprint density at radius 1 is 1.25 bits per heavy atom. The molecular formula is C16H17ClN4O3.